The maximum atomic E-state index is 12.6. The first-order valence-corrected chi connectivity index (χ1v) is 8.90. The largest absolute Gasteiger partial charge is 0.465 e. The maximum Gasteiger partial charge on any atom is 0.340 e. The van der Waals surface area contributed by atoms with E-state index >= 15 is 0 Å². The number of carbonyl (C=O) groups is 2. The minimum atomic E-state index is -1.23. The third-order valence-electron chi connectivity index (χ3n) is 3.81. The number of nitrogens with zero attached hydrogens (tertiary/aromatic N) is 1. The van der Waals surface area contributed by atoms with E-state index in [-0.39, 0.29) is 24.7 Å². The summed E-state index contributed by atoms with van der Waals surface area (Å²) in [4.78, 5) is 25.0. The Labute approximate surface area is 160 Å². The van der Waals surface area contributed by atoms with Crippen molar-refractivity contribution >= 4 is 27.9 Å². The standard InChI is InChI=1S/C18H19BrN2O5/c1-4-24-17(22)12(9-20)14-11-8-10(19)6-7-13(11)26-16(21-3)15(14)18(23)25-5-2/h6-8,12,14,21H,4-5H2,1-3H3. The highest BCUT2D eigenvalue weighted by atomic mass is 79.9. The van der Waals surface area contributed by atoms with Crippen molar-refractivity contribution in [1.82, 2.24) is 5.32 Å². The fraction of sp³-hybridized carbons (Fsp3) is 0.389. The van der Waals surface area contributed by atoms with Gasteiger partial charge in [0.2, 0.25) is 5.88 Å². The van der Waals surface area contributed by atoms with Gasteiger partial charge in [0, 0.05) is 17.1 Å². The van der Waals surface area contributed by atoms with Gasteiger partial charge in [0.25, 0.3) is 0 Å². The lowest BCUT2D eigenvalue weighted by Gasteiger charge is -2.31. The first kappa shape index (κ1) is 19.8. The van der Waals surface area contributed by atoms with Crippen molar-refractivity contribution in [3.8, 4) is 11.8 Å². The number of hydrogen-bond donors (Lipinski definition) is 1. The van der Waals surface area contributed by atoms with Crippen LogP contribution in [0.25, 0.3) is 0 Å². The Morgan fingerprint density at radius 2 is 2.04 bits per heavy atom. The van der Waals surface area contributed by atoms with Crippen molar-refractivity contribution in [2.75, 3.05) is 20.3 Å². The van der Waals surface area contributed by atoms with E-state index in [1.165, 1.54) is 0 Å². The first-order chi connectivity index (χ1) is 12.5. The smallest absolute Gasteiger partial charge is 0.340 e. The number of carbonyl (C=O) groups excluding carboxylic acids is 2. The van der Waals surface area contributed by atoms with E-state index in [0.29, 0.717) is 11.3 Å². The van der Waals surface area contributed by atoms with Crippen LogP contribution in [-0.2, 0) is 19.1 Å². The first-order valence-electron chi connectivity index (χ1n) is 8.10. The minimum Gasteiger partial charge on any atom is -0.465 e. The van der Waals surface area contributed by atoms with Crippen molar-refractivity contribution < 1.29 is 23.8 Å². The Balaban J connectivity index is 2.68. The molecule has 138 valence electrons. The van der Waals surface area contributed by atoms with Gasteiger partial charge in [-0.25, -0.2) is 4.79 Å². The molecule has 1 aliphatic rings. The summed E-state index contributed by atoms with van der Waals surface area (Å²) in [6.07, 6.45) is 0. The SMILES string of the molecule is CCOC(=O)C1=C(NC)Oc2ccc(Br)cc2C1C(C#N)C(=O)OCC. The van der Waals surface area contributed by atoms with Crippen molar-refractivity contribution in [3.63, 3.8) is 0 Å². The Bertz CT molecular complexity index is 784. The zero-order chi connectivity index (χ0) is 19.3. The molecule has 1 aromatic rings. The van der Waals surface area contributed by atoms with Gasteiger partial charge in [-0.05, 0) is 32.0 Å². The Hall–Kier alpha value is -2.53. The van der Waals surface area contributed by atoms with E-state index in [4.69, 9.17) is 14.2 Å². The molecule has 0 amide bonds. The van der Waals surface area contributed by atoms with Crippen LogP contribution in [0, 0.1) is 17.2 Å². The van der Waals surface area contributed by atoms with Crippen LogP contribution in [0.4, 0.5) is 0 Å². The molecule has 0 fully saturated rings. The number of rotatable bonds is 6. The molecule has 1 aromatic carbocycles. The van der Waals surface area contributed by atoms with Gasteiger partial charge in [-0.3, -0.25) is 4.79 Å². The summed E-state index contributed by atoms with van der Waals surface area (Å²) in [5.41, 5.74) is 0.612. The summed E-state index contributed by atoms with van der Waals surface area (Å²) < 4.78 is 16.7. The number of nitrogens with one attached hydrogen (secondary N) is 1. The molecule has 2 unspecified atom stereocenters. The Morgan fingerprint density at radius 3 is 2.62 bits per heavy atom. The highest BCUT2D eigenvalue weighted by Gasteiger charge is 2.43. The molecule has 0 bridgehead atoms. The van der Waals surface area contributed by atoms with Crippen molar-refractivity contribution in [3.05, 3.63) is 39.7 Å². The van der Waals surface area contributed by atoms with Crippen molar-refractivity contribution in [2.45, 2.75) is 19.8 Å². The van der Waals surface area contributed by atoms with Gasteiger partial charge >= 0.3 is 11.9 Å². The molecular formula is C18H19BrN2O5. The number of fused-ring (bicyclic) bond motifs is 1. The molecule has 0 radical (unpaired) electrons. The highest BCUT2D eigenvalue weighted by Crippen LogP contribution is 2.44. The number of ether oxygens (including phenoxy) is 3. The zero-order valence-corrected chi connectivity index (χ0v) is 16.3. The van der Waals surface area contributed by atoms with Crippen molar-refractivity contribution in [2.24, 2.45) is 5.92 Å². The Kier molecular flexibility index (Phi) is 6.64. The van der Waals surface area contributed by atoms with Crippen LogP contribution in [-0.4, -0.2) is 32.2 Å². The van der Waals surface area contributed by atoms with Gasteiger partial charge in [0.1, 0.15) is 11.3 Å². The van der Waals surface area contributed by atoms with Gasteiger partial charge < -0.3 is 19.5 Å². The molecular weight excluding hydrogens is 404 g/mol. The van der Waals surface area contributed by atoms with Crippen LogP contribution in [0.5, 0.6) is 5.75 Å². The average molecular weight is 423 g/mol. The maximum absolute atomic E-state index is 12.6. The monoisotopic (exact) mass is 422 g/mol. The quantitative estimate of drug-likeness (QED) is 0.703. The van der Waals surface area contributed by atoms with E-state index in [2.05, 4.69) is 21.2 Å². The average Bonchev–Trinajstić information content (AvgIpc) is 2.62. The minimum absolute atomic E-state index is 0.0829. The number of benzene rings is 1. The predicted molar refractivity (Wildman–Crippen MR) is 96.0 cm³/mol. The van der Waals surface area contributed by atoms with E-state index in [0.717, 1.165) is 4.47 Å². The molecule has 0 saturated heterocycles. The van der Waals surface area contributed by atoms with E-state index < -0.39 is 23.8 Å². The topological polar surface area (TPSA) is 97.6 Å². The normalized spacial score (nSPS) is 16.7. The summed E-state index contributed by atoms with van der Waals surface area (Å²) >= 11 is 3.37. The fourth-order valence-corrected chi connectivity index (χ4v) is 3.15. The summed E-state index contributed by atoms with van der Waals surface area (Å²) in [5.74, 6) is -2.88. The third kappa shape index (κ3) is 3.83. The van der Waals surface area contributed by atoms with Gasteiger partial charge in [-0.2, -0.15) is 5.26 Å². The van der Waals surface area contributed by atoms with Gasteiger partial charge in [-0.15, -0.1) is 0 Å². The third-order valence-corrected chi connectivity index (χ3v) is 4.30. The molecule has 8 heteroatoms. The van der Waals surface area contributed by atoms with Crippen LogP contribution < -0.4 is 10.1 Å². The number of nitriles is 1. The van der Waals surface area contributed by atoms with Crippen LogP contribution in [0.1, 0.15) is 25.3 Å². The van der Waals surface area contributed by atoms with E-state index in [1.807, 2.05) is 6.07 Å². The molecule has 0 saturated carbocycles. The van der Waals surface area contributed by atoms with Gasteiger partial charge in [0.15, 0.2) is 5.92 Å². The van der Waals surface area contributed by atoms with Crippen LogP contribution >= 0.6 is 15.9 Å². The number of halogens is 1. The fourth-order valence-electron chi connectivity index (χ4n) is 2.77. The second-order valence-electron chi connectivity index (χ2n) is 5.33. The lowest BCUT2D eigenvalue weighted by atomic mass is 9.79. The molecule has 0 aromatic heterocycles. The second-order valence-corrected chi connectivity index (χ2v) is 6.25. The molecule has 7 nitrogen and oxygen atoms in total. The summed E-state index contributed by atoms with van der Waals surface area (Å²) in [5, 5.41) is 12.5. The lowest BCUT2D eigenvalue weighted by Crippen LogP contribution is -2.34. The summed E-state index contributed by atoms with van der Waals surface area (Å²) in [7, 11) is 1.58. The molecule has 2 atom stereocenters. The van der Waals surface area contributed by atoms with E-state index in [9.17, 15) is 14.9 Å². The highest BCUT2D eigenvalue weighted by molar-refractivity contribution is 9.10. The second kappa shape index (κ2) is 8.72. The van der Waals surface area contributed by atoms with E-state index in [1.54, 1.807) is 39.1 Å². The van der Waals surface area contributed by atoms with Crippen LogP contribution in [0.15, 0.2) is 34.1 Å². The summed E-state index contributed by atoms with van der Waals surface area (Å²) in [6.45, 7) is 3.60. The molecule has 0 aliphatic carbocycles. The van der Waals surface area contributed by atoms with Crippen molar-refractivity contribution in [1.29, 1.82) is 5.26 Å². The Morgan fingerprint density at radius 1 is 1.35 bits per heavy atom. The van der Waals surface area contributed by atoms with Crippen LogP contribution in [0.3, 0.4) is 0 Å². The molecule has 1 aliphatic heterocycles. The van der Waals surface area contributed by atoms with Crippen LogP contribution in [0.2, 0.25) is 0 Å². The molecule has 26 heavy (non-hydrogen) atoms. The molecule has 1 N–H and O–H groups in total. The summed E-state index contributed by atoms with van der Waals surface area (Å²) in [6, 6.07) is 7.16. The predicted octanol–water partition coefficient (Wildman–Crippen LogP) is 2.62. The molecule has 0 spiro atoms. The zero-order valence-electron chi connectivity index (χ0n) is 14.7. The number of esters is 2. The number of hydrogen-bond acceptors (Lipinski definition) is 7. The van der Waals surface area contributed by atoms with Gasteiger partial charge in [0.05, 0.1) is 25.2 Å². The molecule has 2 rings (SSSR count). The molecule has 1 heterocycles. The lowest BCUT2D eigenvalue weighted by molar-refractivity contribution is -0.146. The van der Waals surface area contributed by atoms with Gasteiger partial charge in [-0.1, -0.05) is 15.9 Å².